The van der Waals surface area contributed by atoms with Gasteiger partial charge in [0.15, 0.2) is 5.96 Å². The smallest absolute Gasteiger partial charge is 0.191 e. The number of nitrogens with zero attached hydrogens (tertiary/aromatic N) is 1. The van der Waals surface area contributed by atoms with Crippen molar-refractivity contribution in [2.45, 2.75) is 13.1 Å². The fraction of sp³-hybridized carbons (Fsp3) is 0.235. The van der Waals surface area contributed by atoms with Crippen molar-refractivity contribution in [2.75, 3.05) is 14.2 Å². The number of rotatable bonds is 5. The third-order valence-corrected chi connectivity index (χ3v) is 3.47. The van der Waals surface area contributed by atoms with Gasteiger partial charge in [-0.1, -0.05) is 35.9 Å². The van der Waals surface area contributed by atoms with Gasteiger partial charge in [0.05, 0.1) is 7.11 Å². The number of halogens is 2. The van der Waals surface area contributed by atoms with Crippen LogP contribution in [0.3, 0.4) is 0 Å². The molecule has 2 aromatic rings. The number of aliphatic imine (C=N–C) groups is 1. The standard InChI is InChI=1S/C17H20ClN3O.HI/c1-19-17(20-11-13-3-7-15(18)8-4-13)21-12-14-5-9-16(22-2)10-6-14;/h3-10H,11-12H2,1-2H3,(H2,19,20,21);1H. The minimum atomic E-state index is 0. The molecule has 0 saturated heterocycles. The van der Waals surface area contributed by atoms with Gasteiger partial charge in [0.2, 0.25) is 0 Å². The zero-order valence-corrected chi connectivity index (χ0v) is 16.3. The lowest BCUT2D eigenvalue weighted by Crippen LogP contribution is -2.36. The van der Waals surface area contributed by atoms with Crippen molar-refractivity contribution >= 4 is 41.5 Å². The normalized spacial score (nSPS) is 10.7. The molecule has 0 saturated carbocycles. The van der Waals surface area contributed by atoms with Crippen LogP contribution in [0.5, 0.6) is 5.75 Å². The molecular weight excluding hydrogens is 425 g/mol. The van der Waals surface area contributed by atoms with Crippen molar-refractivity contribution in [2.24, 2.45) is 4.99 Å². The van der Waals surface area contributed by atoms with E-state index in [0.717, 1.165) is 27.9 Å². The maximum Gasteiger partial charge on any atom is 0.191 e. The highest BCUT2D eigenvalue weighted by Crippen LogP contribution is 2.11. The van der Waals surface area contributed by atoms with Crippen molar-refractivity contribution in [3.05, 3.63) is 64.7 Å². The third-order valence-electron chi connectivity index (χ3n) is 3.22. The summed E-state index contributed by atoms with van der Waals surface area (Å²) in [6.45, 7) is 1.39. The second-order valence-corrected chi connectivity index (χ2v) is 5.19. The maximum absolute atomic E-state index is 5.88. The van der Waals surface area contributed by atoms with Gasteiger partial charge < -0.3 is 15.4 Å². The molecule has 2 N–H and O–H groups in total. The Balaban J connectivity index is 0.00000264. The molecule has 0 aromatic heterocycles. The minimum absolute atomic E-state index is 0. The molecule has 6 heteroatoms. The maximum atomic E-state index is 5.88. The minimum Gasteiger partial charge on any atom is -0.497 e. The molecule has 23 heavy (non-hydrogen) atoms. The molecule has 0 amide bonds. The first kappa shape index (κ1) is 19.6. The number of hydrogen-bond donors (Lipinski definition) is 2. The summed E-state index contributed by atoms with van der Waals surface area (Å²) in [7, 11) is 3.42. The van der Waals surface area contributed by atoms with Crippen LogP contribution >= 0.6 is 35.6 Å². The van der Waals surface area contributed by atoms with Crippen LogP contribution < -0.4 is 15.4 Å². The Morgan fingerprint density at radius 1 is 0.957 bits per heavy atom. The molecule has 2 rings (SSSR count). The van der Waals surface area contributed by atoms with E-state index in [0.29, 0.717) is 13.1 Å². The molecule has 0 heterocycles. The highest BCUT2D eigenvalue weighted by atomic mass is 127. The molecule has 0 aliphatic heterocycles. The van der Waals surface area contributed by atoms with Crippen LogP contribution in [0, 0.1) is 0 Å². The summed E-state index contributed by atoms with van der Waals surface area (Å²) in [4.78, 5) is 4.21. The molecule has 0 bridgehead atoms. The summed E-state index contributed by atoms with van der Waals surface area (Å²) < 4.78 is 5.15. The van der Waals surface area contributed by atoms with E-state index < -0.39 is 0 Å². The Morgan fingerprint density at radius 3 is 1.87 bits per heavy atom. The van der Waals surface area contributed by atoms with Crippen LogP contribution in [0.1, 0.15) is 11.1 Å². The molecule has 0 radical (unpaired) electrons. The summed E-state index contributed by atoms with van der Waals surface area (Å²) >= 11 is 5.88. The quantitative estimate of drug-likeness (QED) is 0.418. The zero-order chi connectivity index (χ0) is 15.8. The molecular formula is C17H21ClIN3O. The lowest BCUT2D eigenvalue weighted by Gasteiger charge is -2.12. The fourth-order valence-corrected chi connectivity index (χ4v) is 2.06. The lowest BCUT2D eigenvalue weighted by molar-refractivity contribution is 0.414. The average Bonchev–Trinajstić information content (AvgIpc) is 2.57. The van der Waals surface area contributed by atoms with E-state index in [1.165, 1.54) is 0 Å². The predicted molar refractivity (Wildman–Crippen MR) is 107 cm³/mol. The van der Waals surface area contributed by atoms with Crippen LogP contribution in [0.2, 0.25) is 5.02 Å². The van der Waals surface area contributed by atoms with Crippen LogP contribution in [0.15, 0.2) is 53.5 Å². The fourth-order valence-electron chi connectivity index (χ4n) is 1.94. The Hall–Kier alpha value is -1.47. The molecule has 2 aromatic carbocycles. The molecule has 0 aliphatic rings. The van der Waals surface area contributed by atoms with Gasteiger partial charge in [-0.3, -0.25) is 4.99 Å². The molecule has 0 atom stereocenters. The SMILES string of the molecule is CN=C(NCc1ccc(Cl)cc1)NCc1ccc(OC)cc1.I. The summed E-state index contributed by atoms with van der Waals surface area (Å²) in [5, 5.41) is 7.29. The second kappa shape index (κ2) is 10.3. The average molecular weight is 446 g/mol. The van der Waals surface area contributed by atoms with E-state index in [1.54, 1.807) is 14.2 Å². The van der Waals surface area contributed by atoms with Crippen molar-refractivity contribution < 1.29 is 4.74 Å². The third kappa shape index (κ3) is 6.66. The topological polar surface area (TPSA) is 45.7 Å². The molecule has 124 valence electrons. The van der Waals surface area contributed by atoms with Gasteiger partial charge in [0.25, 0.3) is 0 Å². The first-order valence-corrected chi connectivity index (χ1v) is 7.41. The van der Waals surface area contributed by atoms with Gasteiger partial charge in [-0.2, -0.15) is 0 Å². The number of methoxy groups -OCH3 is 1. The van der Waals surface area contributed by atoms with Gasteiger partial charge in [-0.15, -0.1) is 24.0 Å². The Kier molecular flexibility index (Phi) is 8.79. The van der Waals surface area contributed by atoms with E-state index >= 15 is 0 Å². The monoisotopic (exact) mass is 445 g/mol. The molecule has 0 unspecified atom stereocenters. The van der Waals surface area contributed by atoms with E-state index in [-0.39, 0.29) is 24.0 Å². The van der Waals surface area contributed by atoms with E-state index in [4.69, 9.17) is 16.3 Å². The van der Waals surface area contributed by atoms with Crippen LogP contribution in [0.4, 0.5) is 0 Å². The van der Waals surface area contributed by atoms with Crippen LogP contribution in [-0.2, 0) is 13.1 Å². The Labute approximate surface area is 159 Å². The summed E-state index contributed by atoms with van der Waals surface area (Å²) in [5.74, 6) is 1.61. The van der Waals surface area contributed by atoms with Gasteiger partial charge >= 0.3 is 0 Å². The Morgan fingerprint density at radius 2 is 1.43 bits per heavy atom. The van der Waals surface area contributed by atoms with Crippen molar-refractivity contribution in [1.29, 1.82) is 0 Å². The van der Waals surface area contributed by atoms with Crippen LogP contribution in [-0.4, -0.2) is 20.1 Å². The summed E-state index contributed by atoms with van der Waals surface area (Å²) in [6, 6.07) is 15.7. The second-order valence-electron chi connectivity index (χ2n) is 4.75. The highest BCUT2D eigenvalue weighted by molar-refractivity contribution is 14.0. The first-order chi connectivity index (χ1) is 10.7. The summed E-state index contributed by atoms with van der Waals surface area (Å²) in [5.41, 5.74) is 2.31. The Bertz CT molecular complexity index is 615. The van der Waals surface area contributed by atoms with Crippen molar-refractivity contribution in [3.63, 3.8) is 0 Å². The van der Waals surface area contributed by atoms with Crippen molar-refractivity contribution in [1.82, 2.24) is 10.6 Å². The van der Waals surface area contributed by atoms with Gasteiger partial charge in [-0.25, -0.2) is 0 Å². The van der Waals surface area contributed by atoms with E-state index in [1.807, 2.05) is 48.5 Å². The molecule has 4 nitrogen and oxygen atoms in total. The number of ether oxygens (including phenoxy) is 1. The summed E-state index contributed by atoms with van der Waals surface area (Å²) in [6.07, 6.45) is 0. The lowest BCUT2D eigenvalue weighted by atomic mass is 10.2. The van der Waals surface area contributed by atoms with Crippen molar-refractivity contribution in [3.8, 4) is 5.75 Å². The first-order valence-electron chi connectivity index (χ1n) is 7.03. The van der Waals surface area contributed by atoms with Gasteiger partial charge in [0, 0.05) is 25.2 Å². The largest absolute Gasteiger partial charge is 0.497 e. The van der Waals surface area contributed by atoms with Gasteiger partial charge in [0.1, 0.15) is 5.75 Å². The molecule has 0 spiro atoms. The number of nitrogens with one attached hydrogen (secondary N) is 2. The number of guanidine groups is 1. The number of benzene rings is 2. The highest BCUT2D eigenvalue weighted by Gasteiger charge is 2.00. The van der Waals surface area contributed by atoms with E-state index in [9.17, 15) is 0 Å². The molecule has 0 aliphatic carbocycles. The molecule has 0 fully saturated rings. The number of hydrogen-bond acceptors (Lipinski definition) is 2. The van der Waals surface area contributed by atoms with E-state index in [2.05, 4.69) is 15.6 Å². The zero-order valence-electron chi connectivity index (χ0n) is 13.2. The van der Waals surface area contributed by atoms with Gasteiger partial charge in [-0.05, 0) is 35.4 Å². The van der Waals surface area contributed by atoms with Crippen LogP contribution in [0.25, 0.3) is 0 Å². The predicted octanol–water partition coefficient (Wildman–Crippen LogP) is 3.83.